The van der Waals surface area contributed by atoms with Gasteiger partial charge >= 0.3 is 5.97 Å². The van der Waals surface area contributed by atoms with Crippen LogP contribution in [0.1, 0.15) is 43.1 Å². The average Bonchev–Trinajstić information content (AvgIpc) is 2.29. The van der Waals surface area contributed by atoms with E-state index in [9.17, 15) is 9.59 Å². The summed E-state index contributed by atoms with van der Waals surface area (Å²) in [6.45, 7) is 7.13. The molecule has 1 aromatic rings. The molecule has 0 bridgehead atoms. The van der Waals surface area contributed by atoms with Crippen molar-refractivity contribution >= 4 is 11.8 Å². The molecule has 1 rings (SSSR count). The maximum Gasteiger partial charge on any atom is 0.306 e. The molecule has 0 amide bonds. The Morgan fingerprint density at radius 3 is 1.94 bits per heavy atom. The van der Waals surface area contributed by atoms with Gasteiger partial charge in [-0.2, -0.15) is 0 Å². The van der Waals surface area contributed by atoms with Crippen LogP contribution in [0.25, 0.3) is 0 Å². The van der Waals surface area contributed by atoms with Crippen molar-refractivity contribution in [1.82, 2.24) is 0 Å². The van der Waals surface area contributed by atoms with E-state index >= 15 is 0 Å². The molecule has 0 aliphatic heterocycles. The Hall–Kier alpha value is -1.64. The number of ketones is 1. The number of carbonyl (C=O) groups is 2. The molecule has 0 saturated carbocycles. The van der Waals surface area contributed by atoms with Gasteiger partial charge in [0.1, 0.15) is 0 Å². The van der Waals surface area contributed by atoms with Gasteiger partial charge in [0.15, 0.2) is 5.78 Å². The molecule has 17 heavy (non-hydrogen) atoms. The Labute approximate surface area is 102 Å². The quantitative estimate of drug-likeness (QED) is 0.819. The largest absolute Gasteiger partial charge is 0.481 e. The van der Waals surface area contributed by atoms with Gasteiger partial charge in [-0.3, -0.25) is 9.59 Å². The van der Waals surface area contributed by atoms with Crippen molar-refractivity contribution in [3.05, 3.63) is 35.4 Å². The highest BCUT2D eigenvalue weighted by Crippen LogP contribution is 2.02. The maximum atomic E-state index is 10.8. The molecule has 1 unspecified atom stereocenters. The second kappa shape index (κ2) is 7.60. The van der Waals surface area contributed by atoms with Crippen molar-refractivity contribution in [2.24, 2.45) is 5.92 Å². The van der Waals surface area contributed by atoms with Crippen molar-refractivity contribution in [3.63, 3.8) is 0 Å². The molecular formula is C14H20O3. The number of hydrogen-bond donors (Lipinski definition) is 1. The Morgan fingerprint density at radius 1 is 1.24 bits per heavy atom. The molecule has 0 heterocycles. The fourth-order valence-corrected chi connectivity index (χ4v) is 0.963. The van der Waals surface area contributed by atoms with Crippen LogP contribution >= 0.6 is 0 Å². The molecule has 0 radical (unpaired) electrons. The van der Waals surface area contributed by atoms with Gasteiger partial charge in [-0.15, -0.1) is 0 Å². The number of Topliss-reactive ketones (excluding diaryl/α,β-unsaturated/α-hetero) is 1. The second-order valence-corrected chi connectivity index (χ2v) is 4.07. The molecule has 0 aliphatic rings. The van der Waals surface area contributed by atoms with Gasteiger partial charge < -0.3 is 5.11 Å². The van der Waals surface area contributed by atoms with E-state index in [1.807, 2.05) is 38.1 Å². The van der Waals surface area contributed by atoms with Crippen molar-refractivity contribution in [1.29, 1.82) is 0 Å². The first kappa shape index (κ1) is 15.4. The van der Waals surface area contributed by atoms with Gasteiger partial charge in [0.2, 0.25) is 0 Å². The number of aliphatic carboxylic acids is 1. The molecule has 0 aromatic heterocycles. The molecule has 0 fully saturated rings. The molecule has 0 aliphatic carbocycles. The molecule has 1 N–H and O–H groups in total. The first-order valence-electron chi connectivity index (χ1n) is 5.68. The van der Waals surface area contributed by atoms with Gasteiger partial charge in [-0.25, -0.2) is 0 Å². The summed E-state index contributed by atoms with van der Waals surface area (Å²) in [5, 5.41) is 8.18. The smallest absolute Gasteiger partial charge is 0.306 e. The predicted octanol–water partition coefficient (Wildman–Crippen LogP) is 3.31. The first-order valence-corrected chi connectivity index (χ1v) is 5.68. The SMILES string of the molecule is CC(=O)c1ccc(C)cc1.CCC(C)C(=O)O. The lowest BCUT2D eigenvalue weighted by atomic mass is 10.1. The number of carboxylic acids is 1. The van der Waals surface area contributed by atoms with E-state index in [1.54, 1.807) is 13.8 Å². The Bertz CT molecular complexity index is 366. The lowest BCUT2D eigenvalue weighted by molar-refractivity contribution is -0.141. The van der Waals surface area contributed by atoms with Crippen LogP contribution < -0.4 is 0 Å². The zero-order valence-corrected chi connectivity index (χ0v) is 10.9. The fourth-order valence-electron chi connectivity index (χ4n) is 0.963. The maximum absolute atomic E-state index is 10.8. The van der Waals surface area contributed by atoms with E-state index in [0.29, 0.717) is 0 Å². The van der Waals surface area contributed by atoms with Gasteiger partial charge in [0, 0.05) is 5.56 Å². The van der Waals surface area contributed by atoms with Crippen LogP contribution in [0.15, 0.2) is 24.3 Å². The lowest BCUT2D eigenvalue weighted by Gasteiger charge is -1.96. The van der Waals surface area contributed by atoms with Crippen molar-refractivity contribution < 1.29 is 14.7 Å². The number of aryl methyl sites for hydroxylation is 1. The molecule has 0 spiro atoms. The van der Waals surface area contributed by atoms with E-state index in [4.69, 9.17) is 5.11 Å². The monoisotopic (exact) mass is 236 g/mol. The zero-order chi connectivity index (χ0) is 13.4. The molecule has 3 heteroatoms. The number of benzene rings is 1. The number of rotatable bonds is 3. The summed E-state index contributed by atoms with van der Waals surface area (Å²) in [5.74, 6) is -0.762. The fraction of sp³-hybridized carbons (Fsp3) is 0.429. The molecular weight excluding hydrogens is 216 g/mol. The third-order valence-electron chi connectivity index (χ3n) is 2.49. The molecule has 3 nitrogen and oxygen atoms in total. The highest BCUT2D eigenvalue weighted by Gasteiger charge is 2.05. The van der Waals surface area contributed by atoms with Crippen LogP contribution in [-0.4, -0.2) is 16.9 Å². The van der Waals surface area contributed by atoms with Gasteiger partial charge in [-0.1, -0.05) is 43.7 Å². The summed E-state index contributed by atoms with van der Waals surface area (Å²) in [6, 6.07) is 7.57. The van der Waals surface area contributed by atoms with Crippen molar-refractivity contribution in [3.8, 4) is 0 Å². The van der Waals surface area contributed by atoms with Crippen LogP contribution in [0, 0.1) is 12.8 Å². The van der Waals surface area contributed by atoms with Gasteiger partial charge in [0.25, 0.3) is 0 Å². The summed E-state index contributed by atoms with van der Waals surface area (Å²) in [4.78, 5) is 20.7. The first-order chi connectivity index (χ1) is 7.88. The minimum atomic E-state index is -0.706. The van der Waals surface area contributed by atoms with Gasteiger partial charge in [0.05, 0.1) is 5.92 Å². The topological polar surface area (TPSA) is 54.4 Å². The minimum absolute atomic E-state index is 0.125. The Balaban J connectivity index is 0.000000325. The summed E-state index contributed by atoms with van der Waals surface area (Å²) < 4.78 is 0. The molecule has 1 atom stereocenters. The minimum Gasteiger partial charge on any atom is -0.481 e. The van der Waals surface area contributed by atoms with E-state index < -0.39 is 5.97 Å². The normalized spacial score (nSPS) is 11.1. The van der Waals surface area contributed by atoms with Crippen LogP contribution in [-0.2, 0) is 4.79 Å². The molecule has 1 aromatic carbocycles. The van der Waals surface area contributed by atoms with E-state index in [-0.39, 0.29) is 11.7 Å². The summed E-state index contributed by atoms with van der Waals surface area (Å²) >= 11 is 0. The third kappa shape index (κ3) is 6.51. The standard InChI is InChI=1S/C9H10O.C5H10O2/c1-7-3-5-9(6-4-7)8(2)10;1-3-4(2)5(6)7/h3-6H,1-2H3;4H,3H2,1-2H3,(H,6,7). The summed E-state index contributed by atoms with van der Waals surface area (Å²) in [7, 11) is 0. The second-order valence-electron chi connectivity index (χ2n) is 4.07. The molecule has 94 valence electrons. The van der Waals surface area contributed by atoms with Crippen LogP contribution in [0.2, 0.25) is 0 Å². The van der Waals surface area contributed by atoms with Gasteiger partial charge in [-0.05, 0) is 20.3 Å². The van der Waals surface area contributed by atoms with Crippen molar-refractivity contribution in [2.75, 3.05) is 0 Å². The van der Waals surface area contributed by atoms with Crippen LogP contribution in [0.4, 0.5) is 0 Å². The summed E-state index contributed by atoms with van der Waals surface area (Å²) in [5.41, 5.74) is 1.97. The third-order valence-corrected chi connectivity index (χ3v) is 2.49. The lowest BCUT2D eigenvalue weighted by Crippen LogP contribution is -2.06. The number of carboxylic acid groups (broad SMARTS) is 1. The number of carbonyl (C=O) groups excluding carboxylic acids is 1. The Kier molecular flexibility index (Phi) is 6.87. The Morgan fingerprint density at radius 2 is 1.71 bits per heavy atom. The van der Waals surface area contributed by atoms with E-state index in [1.165, 1.54) is 5.56 Å². The van der Waals surface area contributed by atoms with E-state index in [2.05, 4.69) is 0 Å². The van der Waals surface area contributed by atoms with Crippen molar-refractivity contribution in [2.45, 2.75) is 34.1 Å². The van der Waals surface area contributed by atoms with E-state index in [0.717, 1.165) is 12.0 Å². The zero-order valence-electron chi connectivity index (χ0n) is 10.9. The predicted molar refractivity (Wildman–Crippen MR) is 68.3 cm³/mol. The van der Waals surface area contributed by atoms with Crippen LogP contribution in [0.5, 0.6) is 0 Å². The molecule has 0 saturated heterocycles. The van der Waals surface area contributed by atoms with Crippen LogP contribution in [0.3, 0.4) is 0 Å². The highest BCUT2D eigenvalue weighted by atomic mass is 16.4. The highest BCUT2D eigenvalue weighted by molar-refractivity contribution is 5.93. The average molecular weight is 236 g/mol. The number of hydrogen-bond acceptors (Lipinski definition) is 2. The summed E-state index contributed by atoms with van der Waals surface area (Å²) in [6.07, 6.45) is 0.718.